The number of nitrogens with zero attached hydrogens (tertiary/aromatic N) is 3. The van der Waals surface area contributed by atoms with Gasteiger partial charge in [-0.05, 0) is 93.4 Å². The molecule has 11 heteroatoms. The van der Waals surface area contributed by atoms with Crippen LogP contribution in [0.3, 0.4) is 0 Å². The summed E-state index contributed by atoms with van der Waals surface area (Å²) in [5.74, 6) is -0.863. The van der Waals surface area contributed by atoms with Crippen LogP contribution in [0.2, 0.25) is 0 Å². The van der Waals surface area contributed by atoms with Gasteiger partial charge >= 0.3 is 6.18 Å². The van der Waals surface area contributed by atoms with Gasteiger partial charge in [0, 0.05) is 29.2 Å². The van der Waals surface area contributed by atoms with Crippen LogP contribution in [0.4, 0.5) is 19.1 Å². The lowest BCUT2D eigenvalue weighted by Gasteiger charge is -2.45. The molecule has 1 spiro atoms. The van der Waals surface area contributed by atoms with Gasteiger partial charge in [0.2, 0.25) is 11.8 Å². The minimum Gasteiger partial charge on any atom is -0.477 e. The molecular formula is C31H33F3N4O3S. The molecule has 0 saturated heterocycles. The largest absolute Gasteiger partial charge is 0.477 e. The third kappa shape index (κ3) is 4.83. The van der Waals surface area contributed by atoms with Crippen LogP contribution >= 0.6 is 0 Å². The molecule has 2 atom stereocenters. The summed E-state index contributed by atoms with van der Waals surface area (Å²) >= 11 is 0. The van der Waals surface area contributed by atoms with Crippen LogP contribution in [0.1, 0.15) is 67.7 Å². The molecule has 0 radical (unpaired) electrons. The number of sulfonamides is 1. The molecule has 3 aromatic rings. The Morgan fingerprint density at radius 1 is 0.976 bits per heavy atom. The summed E-state index contributed by atoms with van der Waals surface area (Å²) in [6.07, 6.45) is -0.122. The first-order valence-corrected chi connectivity index (χ1v) is 16.0. The Morgan fingerprint density at radius 3 is 2.31 bits per heavy atom. The van der Waals surface area contributed by atoms with E-state index in [0.29, 0.717) is 16.8 Å². The van der Waals surface area contributed by atoms with E-state index in [2.05, 4.69) is 19.7 Å². The van der Waals surface area contributed by atoms with Gasteiger partial charge < -0.3 is 4.74 Å². The molecule has 4 aliphatic rings. The van der Waals surface area contributed by atoms with Crippen LogP contribution in [0, 0.1) is 36.5 Å². The van der Waals surface area contributed by atoms with Gasteiger partial charge in [-0.25, -0.2) is 14.7 Å². The maximum atomic E-state index is 14.3. The number of halogens is 3. The highest BCUT2D eigenvalue weighted by atomic mass is 32.2. The van der Waals surface area contributed by atoms with Crippen LogP contribution in [0.15, 0.2) is 47.5 Å². The fourth-order valence-corrected chi connectivity index (χ4v) is 8.25. The Kier molecular flexibility index (Phi) is 6.18. The molecule has 222 valence electrons. The van der Waals surface area contributed by atoms with Crippen LogP contribution < -0.4 is 9.46 Å². The highest BCUT2D eigenvalue weighted by molar-refractivity contribution is 7.92. The second-order valence-electron chi connectivity index (χ2n) is 12.9. The molecule has 4 bridgehead atoms. The molecule has 1 unspecified atom stereocenters. The summed E-state index contributed by atoms with van der Waals surface area (Å²) in [4.78, 5) is 13.4. The van der Waals surface area contributed by atoms with E-state index in [-0.39, 0.29) is 54.6 Å². The zero-order valence-corrected chi connectivity index (χ0v) is 24.4. The number of benzene rings is 1. The highest BCUT2D eigenvalue weighted by Gasteiger charge is 2.65. The molecule has 1 aromatic carbocycles. The van der Waals surface area contributed by atoms with Gasteiger partial charge in [0.15, 0.2) is 5.03 Å². The zero-order chi connectivity index (χ0) is 29.5. The molecule has 1 aliphatic heterocycles. The number of anilines is 1. The van der Waals surface area contributed by atoms with Gasteiger partial charge in [0.1, 0.15) is 0 Å². The van der Waals surface area contributed by atoms with Crippen molar-refractivity contribution in [1.29, 1.82) is 0 Å². The Hall–Kier alpha value is -3.21. The molecule has 1 N–H and O–H groups in total. The van der Waals surface area contributed by atoms with E-state index < -0.39 is 27.5 Å². The first kappa shape index (κ1) is 27.6. The quantitative estimate of drug-likeness (QED) is 0.349. The Labute approximate surface area is 243 Å². The van der Waals surface area contributed by atoms with Crippen molar-refractivity contribution in [3.8, 4) is 17.1 Å². The predicted molar refractivity (Wildman–Crippen MR) is 150 cm³/mol. The van der Waals surface area contributed by atoms with Crippen molar-refractivity contribution < 1.29 is 26.3 Å². The van der Waals surface area contributed by atoms with E-state index in [1.807, 2.05) is 32.0 Å². The van der Waals surface area contributed by atoms with Gasteiger partial charge in [-0.1, -0.05) is 24.3 Å². The van der Waals surface area contributed by atoms with Crippen LogP contribution in [0.5, 0.6) is 5.88 Å². The van der Waals surface area contributed by atoms with Gasteiger partial charge in [-0.3, -0.25) is 0 Å². The SMILES string of the molecule is Cc1cccc(C)c1-c1cc2nc(n1)NS(=O)(=O)c1cccc(n1)C(C1CC3(CC3)C1)[C@H](CC1(C(F)(F)F)CC1)CO2. The van der Waals surface area contributed by atoms with Crippen molar-refractivity contribution in [2.75, 3.05) is 11.3 Å². The van der Waals surface area contributed by atoms with Crippen molar-refractivity contribution in [2.45, 2.75) is 75.9 Å². The predicted octanol–water partition coefficient (Wildman–Crippen LogP) is 6.97. The minimum atomic E-state index is -4.32. The fourth-order valence-electron chi connectivity index (χ4n) is 7.33. The van der Waals surface area contributed by atoms with Gasteiger partial charge in [0.25, 0.3) is 10.0 Å². The van der Waals surface area contributed by atoms with E-state index in [1.54, 1.807) is 18.2 Å². The summed E-state index contributed by atoms with van der Waals surface area (Å²) in [5, 5.41) is -0.203. The Balaban J connectivity index is 1.35. The standard InChI is InChI=1S/C31H33F3N4O3S/c1-18-5-3-6-19(2)26(18)23-13-24-37-28(36-23)38-42(39,40)25-8-4-7-22(35-25)27(20-14-29(15-20)9-10-29)21(17-41-24)16-30(11-12-30)31(32,33)34/h3-8,13,20-21,27H,9-12,14-17H2,1-2H3,(H,36,37,38)/t21-,27?/m1/s1. The fraction of sp³-hybridized carbons (Fsp3) is 0.516. The summed E-state index contributed by atoms with van der Waals surface area (Å²) in [6, 6.07) is 12.2. The molecule has 3 fully saturated rings. The van der Waals surface area contributed by atoms with Crippen LogP contribution in [0.25, 0.3) is 11.3 Å². The van der Waals surface area contributed by atoms with E-state index >= 15 is 0 Å². The highest BCUT2D eigenvalue weighted by Crippen LogP contribution is 2.68. The molecule has 3 saturated carbocycles. The Morgan fingerprint density at radius 2 is 1.67 bits per heavy atom. The van der Waals surface area contributed by atoms with Crippen molar-refractivity contribution in [2.24, 2.45) is 22.7 Å². The van der Waals surface area contributed by atoms with Crippen LogP contribution in [-0.2, 0) is 10.0 Å². The number of nitrogens with one attached hydrogen (secondary N) is 1. The number of rotatable bonds is 4. The number of aryl methyl sites for hydroxylation is 2. The summed E-state index contributed by atoms with van der Waals surface area (Å²) in [5.41, 5.74) is 2.19. The Bertz CT molecular complexity index is 1640. The van der Waals surface area contributed by atoms with E-state index in [4.69, 9.17) is 4.74 Å². The van der Waals surface area contributed by atoms with Crippen molar-refractivity contribution in [3.05, 3.63) is 59.3 Å². The molecule has 2 aromatic heterocycles. The van der Waals surface area contributed by atoms with Crippen molar-refractivity contribution in [3.63, 3.8) is 0 Å². The monoisotopic (exact) mass is 598 g/mol. The number of fused-ring (bicyclic) bond motifs is 4. The topological polar surface area (TPSA) is 94.1 Å². The average molecular weight is 599 g/mol. The molecular weight excluding hydrogens is 565 g/mol. The number of hydrogen-bond donors (Lipinski definition) is 1. The maximum absolute atomic E-state index is 14.3. The van der Waals surface area contributed by atoms with E-state index in [9.17, 15) is 21.6 Å². The van der Waals surface area contributed by atoms with E-state index in [0.717, 1.165) is 42.4 Å². The number of aromatic nitrogens is 3. The third-order valence-electron chi connectivity index (χ3n) is 9.94. The first-order valence-electron chi connectivity index (χ1n) is 14.5. The smallest absolute Gasteiger partial charge is 0.394 e. The lowest BCUT2D eigenvalue weighted by Crippen LogP contribution is -2.39. The average Bonchev–Trinajstić information content (AvgIpc) is 3.82. The summed E-state index contributed by atoms with van der Waals surface area (Å²) < 4.78 is 78.7. The van der Waals surface area contributed by atoms with Crippen molar-refractivity contribution in [1.82, 2.24) is 15.0 Å². The first-order chi connectivity index (χ1) is 19.9. The third-order valence-corrected chi connectivity index (χ3v) is 11.2. The van der Waals surface area contributed by atoms with E-state index in [1.165, 1.54) is 6.07 Å². The second kappa shape index (κ2) is 9.39. The molecule has 7 rings (SSSR count). The van der Waals surface area contributed by atoms with Crippen LogP contribution in [-0.4, -0.2) is 36.2 Å². The molecule has 0 amide bonds. The number of alkyl halides is 3. The van der Waals surface area contributed by atoms with Crippen molar-refractivity contribution >= 4 is 16.0 Å². The number of pyridine rings is 1. The molecule has 3 heterocycles. The lowest BCUT2D eigenvalue weighted by molar-refractivity contribution is -0.194. The van der Waals surface area contributed by atoms with Gasteiger partial charge in [-0.2, -0.15) is 26.6 Å². The maximum Gasteiger partial charge on any atom is 0.394 e. The minimum absolute atomic E-state index is 0.00724. The molecule has 3 aliphatic carbocycles. The molecule has 42 heavy (non-hydrogen) atoms. The second-order valence-corrected chi connectivity index (χ2v) is 14.6. The molecule has 7 nitrogen and oxygen atoms in total. The van der Waals surface area contributed by atoms with Gasteiger partial charge in [-0.15, -0.1) is 0 Å². The van der Waals surface area contributed by atoms with Gasteiger partial charge in [0.05, 0.1) is 17.7 Å². The normalized spacial score (nSPS) is 25.3. The number of hydrogen-bond acceptors (Lipinski definition) is 6. The summed E-state index contributed by atoms with van der Waals surface area (Å²) in [7, 11) is -4.20. The summed E-state index contributed by atoms with van der Waals surface area (Å²) in [6.45, 7) is 3.87. The zero-order valence-electron chi connectivity index (χ0n) is 23.5. The lowest BCUT2D eigenvalue weighted by atomic mass is 9.61. The number of ether oxygens (including phenoxy) is 1.